The quantitative estimate of drug-likeness (QED) is 0.830. The highest BCUT2D eigenvalue weighted by atomic mass is 19.4. The van der Waals surface area contributed by atoms with Crippen LogP contribution in [0.4, 0.5) is 18.9 Å². The molecule has 0 saturated carbocycles. The van der Waals surface area contributed by atoms with Crippen LogP contribution < -0.4 is 10.6 Å². The summed E-state index contributed by atoms with van der Waals surface area (Å²) >= 11 is 0. The number of carbonyl (C=O) groups is 1. The molecule has 1 aliphatic rings. The van der Waals surface area contributed by atoms with E-state index in [2.05, 4.69) is 10.6 Å². The summed E-state index contributed by atoms with van der Waals surface area (Å²) in [6.07, 6.45) is -2.41. The molecule has 2 N–H and O–H groups in total. The molecule has 1 aromatic rings. The number of alkyl halides is 3. The van der Waals surface area contributed by atoms with Crippen molar-refractivity contribution in [3.8, 4) is 0 Å². The summed E-state index contributed by atoms with van der Waals surface area (Å²) in [5, 5.41) is 5.79. The molecule has 1 amide bonds. The van der Waals surface area contributed by atoms with Gasteiger partial charge in [-0.1, -0.05) is 6.92 Å². The van der Waals surface area contributed by atoms with Crippen LogP contribution in [-0.4, -0.2) is 12.5 Å². The first-order chi connectivity index (χ1) is 8.95. The van der Waals surface area contributed by atoms with Gasteiger partial charge in [0.25, 0.3) is 0 Å². The zero-order chi connectivity index (χ0) is 14.0. The van der Waals surface area contributed by atoms with Gasteiger partial charge in [-0.05, 0) is 36.6 Å². The third-order valence-corrected chi connectivity index (χ3v) is 3.40. The summed E-state index contributed by atoms with van der Waals surface area (Å²) in [6, 6.07) is 3.37. The molecule has 19 heavy (non-hydrogen) atoms. The average Bonchev–Trinajstić information content (AvgIpc) is 2.37. The average molecular weight is 272 g/mol. The molecule has 6 heteroatoms. The molecule has 3 nitrogen and oxygen atoms in total. The Labute approximate surface area is 109 Å². The van der Waals surface area contributed by atoms with E-state index in [0.29, 0.717) is 24.1 Å². The summed E-state index contributed by atoms with van der Waals surface area (Å²) in [4.78, 5) is 10.6. The number of hydrogen-bond acceptors (Lipinski definition) is 2. The Balaban J connectivity index is 2.40. The number of nitrogens with one attached hydrogen (secondary N) is 2. The standard InChI is InChI=1S/C13H15F3N2O/c1-2-9-6-12(17-7-19)10-5-8(13(14,15)16)3-4-11(10)18-9/h3-5,7,9,12,18H,2,6H2,1H3,(H,17,19)/t9-,12+/m1/s1. The Hall–Kier alpha value is -1.72. The smallest absolute Gasteiger partial charge is 0.382 e. The van der Waals surface area contributed by atoms with E-state index in [0.717, 1.165) is 18.6 Å². The van der Waals surface area contributed by atoms with Gasteiger partial charge in [-0.25, -0.2) is 0 Å². The van der Waals surface area contributed by atoms with Crippen molar-refractivity contribution >= 4 is 12.1 Å². The summed E-state index contributed by atoms with van der Waals surface area (Å²) in [6.45, 7) is 1.99. The summed E-state index contributed by atoms with van der Waals surface area (Å²) in [5.74, 6) is 0. The summed E-state index contributed by atoms with van der Waals surface area (Å²) in [7, 11) is 0. The second-order valence-corrected chi connectivity index (χ2v) is 4.62. The Kier molecular flexibility index (Phi) is 3.68. The highest BCUT2D eigenvalue weighted by Crippen LogP contribution is 2.38. The van der Waals surface area contributed by atoms with Gasteiger partial charge in [-0.3, -0.25) is 4.79 Å². The number of anilines is 1. The van der Waals surface area contributed by atoms with Crippen LogP contribution in [0, 0.1) is 0 Å². The lowest BCUT2D eigenvalue weighted by molar-refractivity contribution is -0.137. The highest BCUT2D eigenvalue weighted by molar-refractivity contribution is 5.59. The highest BCUT2D eigenvalue weighted by Gasteiger charge is 2.33. The van der Waals surface area contributed by atoms with Gasteiger partial charge in [-0.15, -0.1) is 0 Å². The van der Waals surface area contributed by atoms with E-state index < -0.39 is 11.7 Å². The summed E-state index contributed by atoms with van der Waals surface area (Å²) < 4.78 is 38.1. The zero-order valence-electron chi connectivity index (χ0n) is 10.4. The minimum Gasteiger partial charge on any atom is -0.382 e. The van der Waals surface area contributed by atoms with Gasteiger partial charge < -0.3 is 10.6 Å². The second-order valence-electron chi connectivity index (χ2n) is 4.62. The second kappa shape index (κ2) is 5.11. The van der Waals surface area contributed by atoms with E-state index in [1.54, 1.807) is 0 Å². The predicted octanol–water partition coefficient (Wildman–Crippen LogP) is 3.09. The van der Waals surface area contributed by atoms with Crippen LogP contribution in [-0.2, 0) is 11.0 Å². The van der Waals surface area contributed by atoms with Crippen LogP contribution in [0.5, 0.6) is 0 Å². The Morgan fingerprint density at radius 3 is 2.79 bits per heavy atom. The molecule has 0 aliphatic carbocycles. The molecule has 0 spiro atoms. The first kappa shape index (κ1) is 13.7. The molecule has 0 saturated heterocycles. The lowest BCUT2D eigenvalue weighted by Crippen LogP contribution is -2.34. The fraction of sp³-hybridized carbons (Fsp3) is 0.462. The molecule has 104 valence electrons. The topological polar surface area (TPSA) is 41.1 Å². The van der Waals surface area contributed by atoms with Gasteiger partial charge in [0, 0.05) is 11.7 Å². The third kappa shape index (κ3) is 2.83. The molecule has 2 rings (SSSR count). The fourth-order valence-electron chi connectivity index (χ4n) is 2.36. The number of fused-ring (bicyclic) bond motifs is 1. The number of halogens is 3. The number of rotatable bonds is 3. The molecular formula is C13H15F3N2O. The van der Waals surface area contributed by atoms with Gasteiger partial charge >= 0.3 is 6.18 Å². The number of benzene rings is 1. The van der Waals surface area contributed by atoms with Crippen LogP contribution in [0.2, 0.25) is 0 Å². The molecule has 1 aliphatic heterocycles. The fourth-order valence-corrected chi connectivity index (χ4v) is 2.36. The van der Waals surface area contributed by atoms with Gasteiger partial charge in [0.05, 0.1) is 11.6 Å². The van der Waals surface area contributed by atoms with Crippen molar-refractivity contribution in [2.45, 2.75) is 38.0 Å². The molecule has 2 atom stereocenters. The normalized spacial score (nSPS) is 22.3. The lowest BCUT2D eigenvalue weighted by atomic mass is 9.90. The first-order valence-corrected chi connectivity index (χ1v) is 6.13. The molecule has 0 aromatic heterocycles. The molecule has 0 fully saturated rings. The van der Waals surface area contributed by atoms with Crippen molar-refractivity contribution in [2.24, 2.45) is 0 Å². The Morgan fingerprint density at radius 1 is 1.47 bits per heavy atom. The number of amides is 1. The zero-order valence-corrected chi connectivity index (χ0v) is 10.4. The van der Waals surface area contributed by atoms with Crippen molar-refractivity contribution in [1.82, 2.24) is 5.32 Å². The molecule has 0 bridgehead atoms. The van der Waals surface area contributed by atoms with Gasteiger partial charge in [0.1, 0.15) is 0 Å². The van der Waals surface area contributed by atoms with E-state index in [1.807, 2.05) is 6.92 Å². The van der Waals surface area contributed by atoms with Crippen molar-refractivity contribution in [1.29, 1.82) is 0 Å². The van der Waals surface area contributed by atoms with E-state index in [-0.39, 0.29) is 12.1 Å². The maximum absolute atomic E-state index is 12.7. The maximum atomic E-state index is 12.7. The molecule has 0 unspecified atom stereocenters. The van der Waals surface area contributed by atoms with Crippen LogP contribution in [0.15, 0.2) is 18.2 Å². The predicted molar refractivity (Wildman–Crippen MR) is 65.7 cm³/mol. The van der Waals surface area contributed by atoms with Crippen molar-refractivity contribution in [3.05, 3.63) is 29.3 Å². The van der Waals surface area contributed by atoms with Crippen molar-refractivity contribution in [3.63, 3.8) is 0 Å². The van der Waals surface area contributed by atoms with Crippen LogP contribution in [0.25, 0.3) is 0 Å². The lowest BCUT2D eigenvalue weighted by Gasteiger charge is -2.33. The Bertz CT molecular complexity index is 473. The largest absolute Gasteiger partial charge is 0.416 e. The Morgan fingerprint density at radius 2 is 2.21 bits per heavy atom. The van der Waals surface area contributed by atoms with E-state index in [9.17, 15) is 18.0 Å². The van der Waals surface area contributed by atoms with E-state index >= 15 is 0 Å². The summed E-state index contributed by atoms with van der Waals surface area (Å²) in [5.41, 5.74) is 0.456. The number of hydrogen-bond donors (Lipinski definition) is 2. The molecule has 1 aromatic carbocycles. The monoisotopic (exact) mass is 272 g/mol. The minimum atomic E-state index is -4.37. The van der Waals surface area contributed by atoms with Crippen LogP contribution in [0.3, 0.4) is 0 Å². The SMILES string of the molecule is CC[C@@H]1C[C@H](NC=O)c2cc(C(F)(F)F)ccc2N1. The number of carbonyl (C=O) groups excluding carboxylic acids is 1. The third-order valence-electron chi connectivity index (χ3n) is 3.40. The molecular weight excluding hydrogens is 257 g/mol. The van der Waals surface area contributed by atoms with Crippen molar-refractivity contribution in [2.75, 3.05) is 5.32 Å². The minimum absolute atomic E-state index is 0.154. The maximum Gasteiger partial charge on any atom is 0.416 e. The van der Waals surface area contributed by atoms with E-state index in [4.69, 9.17) is 0 Å². The van der Waals surface area contributed by atoms with Crippen molar-refractivity contribution < 1.29 is 18.0 Å². The van der Waals surface area contributed by atoms with Gasteiger partial charge in [0.2, 0.25) is 6.41 Å². The van der Waals surface area contributed by atoms with Gasteiger partial charge in [-0.2, -0.15) is 13.2 Å². The molecule has 0 radical (unpaired) electrons. The molecule has 1 heterocycles. The van der Waals surface area contributed by atoms with Gasteiger partial charge in [0.15, 0.2) is 0 Å². The van der Waals surface area contributed by atoms with Crippen LogP contribution in [0.1, 0.15) is 36.9 Å². The first-order valence-electron chi connectivity index (χ1n) is 6.13. The van der Waals surface area contributed by atoms with Crippen LogP contribution >= 0.6 is 0 Å². The van der Waals surface area contributed by atoms with E-state index in [1.165, 1.54) is 6.07 Å².